The average Bonchev–Trinajstić information content (AvgIpc) is 2.37. The van der Waals surface area contributed by atoms with E-state index >= 15 is 0 Å². The summed E-state index contributed by atoms with van der Waals surface area (Å²) in [5, 5.41) is 2.75. The highest BCUT2D eigenvalue weighted by Crippen LogP contribution is 1.84. The number of methoxy groups -OCH3 is 1. The van der Waals surface area contributed by atoms with Crippen LogP contribution in [0.5, 0.6) is 0 Å². The summed E-state index contributed by atoms with van der Waals surface area (Å²) >= 11 is 0. The lowest BCUT2D eigenvalue weighted by molar-refractivity contribution is -0.150. The normalized spacial score (nSPS) is 10.6. The molecule has 0 aliphatic rings. The second-order valence-electron chi connectivity index (χ2n) is 3.28. The monoisotopic (exact) mass is 265 g/mol. The number of nitrogens with one attached hydrogen (secondary N) is 1. The molecule has 0 saturated heterocycles. The van der Waals surface area contributed by atoms with Gasteiger partial charge in [-0.05, 0) is 7.05 Å². The number of esters is 1. The minimum Gasteiger partial charge on any atom is -0.462 e. The average molecular weight is 265 g/mol. The summed E-state index contributed by atoms with van der Waals surface area (Å²) in [7, 11) is 3.35. The summed E-state index contributed by atoms with van der Waals surface area (Å²) in [6, 6.07) is 0. The van der Waals surface area contributed by atoms with Crippen molar-refractivity contribution < 1.29 is 28.5 Å². The zero-order chi connectivity index (χ0) is 13.5. The number of carbonyl (C=O) groups excluding carboxylic acids is 1. The van der Waals surface area contributed by atoms with Gasteiger partial charge in [0.05, 0.1) is 39.8 Å². The van der Waals surface area contributed by atoms with E-state index in [2.05, 4.69) is 5.32 Å². The van der Waals surface area contributed by atoms with Crippen LogP contribution in [0.3, 0.4) is 0 Å². The van der Waals surface area contributed by atoms with Gasteiger partial charge in [-0.25, -0.2) is 4.79 Å². The van der Waals surface area contributed by atoms with Crippen molar-refractivity contribution in [3.8, 4) is 0 Å². The lowest BCUT2D eigenvalue weighted by Gasteiger charge is -2.07. The van der Waals surface area contributed by atoms with E-state index in [4.69, 9.17) is 23.7 Å². The molecule has 0 aromatic carbocycles. The highest BCUT2D eigenvalue weighted by molar-refractivity contribution is 5.70. The van der Waals surface area contributed by atoms with E-state index in [9.17, 15) is 4.79 Å². The molecule has 0 rings (SSSR count). The Morgan fingerprint density at radius 3 is 2.17 bits per heavy atom. The Morgan fingerprint density at radius 1 is 0.944 bits per heavy atom. The second kappa shape index (κ2) is 14.3. The van der Waals surface area contributed by atoms with Gasteiger partial charge in [-0.2, -0.15) is 0 Å². The quantitative estimate of drug-likeness (QED) is 0.271. The highest BCUT2D eigenvalue weighted by Gasteiger charge is 2.01. The van der Waals surface area contributed by atoms with Crippen molar-refractivity contribution in [2.75, 3.05) is 67.1 Å². The molecule has 0 bridgehead atoms. The number of rotatable bonds is 13. The van der Waals surface area contributed by atoms with Crippen LogP contribution in [0, 0.1) is 0 Å². The van der Waals surface area contributed by atoms with Crippen LogP contribution in [0.4, 0.5) is 0 Å². The molecule has 0 aliphatic heterocycles. The largest absolute Gasteiger partial charge is 0.462 e. The lowest BCUT2D eigenvalue weighted by atomic mass is 10.7. The van der Waals surface area contributed by atoms with E-state index in [1.165, 1.54) is 0 Å². The third kappa shape index (κ3) is 13.3. The third-order valence-electron chi connectivity index (χ3n) is 1.76. The van der Waals surface area contributed by atoms with Crippen LogP contribution < -0.4 is 5.32 Å². The van der Waals surface area contributed by atoms with Gasteiger partial charge in [-0.15, -0.1) is 0 Å². The van der Waals surface area contributed by atoms with E-state index in [0.29, 0.717) is 39.8 Å². The molecule has 1 N–H and O–H groups in total. The van der Waals surface area contributed by atoms with Gasteiger partial charge in [-0.3, -0.25) is 5.32 Å². The first-order valence-corrected chi connectivity index (χ1v) is 5.83. The summed E-state index contributed by atoms with van der Waals surface area (Å²) < 4.78 is 25.0. The van der Waals surface area contributed by atoms with Gasteiger partial charge in [0.1, 0.15) is 13.2 Å². The summed E-state index contributed by atoms with van der Waals surface area (Å²) in [6.45, 7) is 2.94. The molecule has 0 atom stereocenters. The van der Waals surface area contributed by atoms with Crippen molar-refractivity contribution in [2.24, 2.45) is 0 Å². The predicted molar refractivity (Wildman–Crippen MR) is 64.4 cm³/mol. The van der Waals surface area contributed by atoms with Gasteiger partial charge >= 0.3 is 5.97 Å². The molecule has 7 heteroatoms. The minimum absolute atomic E-state index is 0.0546. The standard InChI is InChI=1S/C11H23NO6/c1-12-10-17-9-11(13)18-8-7-16-6-5-15-4-3-14-2/h12H,3-10H2,1-2H3. The molecular weight excluding hydrogens is 242 g/mol. The van der Waals surface area contributed by atoms with Crippen molar-refractivity contribution in [1.29, 1.82) is 0 Å². The Bertz CT molecular complexity index is 190. The molecule has 0 saturated carbocycles. The molecule has 0 aliphatic carbocycles. The third-order valence-corrected chi connectivity index (χ3v) is 1.76. The first kappa shape index (κ1) is 17.3. The molecule has 0 aromatic rings. The molecule has 0 fully saturated rings. The van der Waals surface area contributed by atoms with Crippen LogP contribution in [-0.2, 0) is 28.5 Å². The Kier molecular flexibility index (Phi) is 13.8. The Labute approximate surface area is 108 Å². The smallest absolute Gasteiger partial charge is 0.332 e. The molecule has 18 heavy (non-hydrogen) atoms. The fraction of sp³-hybridized carbons (Fsp3) is 0.909. The molecule has 0 heterocycles. The van der Waals surface area contributed by atoms with Crippen LogP contribution in [0.1, 0.15) is 0 Å². The first-order valence-electron chi connectivity index (χ1n) is 5.83. The Hall–Kier alpha value is -0.730. The highest BCUT2D eigenvalue weighted by atomic mass is 16.6. The van der Waals surface area contributed by atoms with Crippen molar-refractivity contribution in [3.05, 3.63) is 0 Å². The second-order valence-corrected chi connectivity index (χ2v) is 3.28. The SMILES string of the molecule is CNCOCC(=O)OCCOCCOCCOC. The molecular formula is C11H23NO6. The maximum atomic E-state index is 11.1. The fourth-order valence-electron chi connectivity index (χ4n) is 0.957. The van der Waals surface area contributed by atoms with E-state index in [0.717, 1.165) is 0 Å². The lowest BCUT2D eigenvalue weighted by Crippen LogP contribution is -2.20. The molecule has 0 radical (unpaired) electrons. The van der Waals surface area contributed by atoms with Crippen molar-refractivity contribution in [3.63, 3.8) is 0 Å². The van der Waals surface area contributed by atoms with E-state index in [-0.39, 0.29) is 13.2 Å². The van der Waals surface area contributed by atoms with Gasteiger partial charge in [-0.1, -0.05) is 0 Å². The topological polar surface area (TPSA) is 75.3 Å². The number of hydrogen-bond acceptors (Lipinski definition) is 7. The molecule has 0 amide bonds. The van der Waals surface area contributed by atoms with Crippen molar-refractivity contribution in [2.45, 2.75) is 0 Å². The predicted octanol–water partition coefficient (Wildman–Crippen LogP) is -0.597. The Morgan fingerprint density at radius 2 is 1.56 bits per heavy atom. The zero-order valence-electron chi connectivity index (χ0n) is 11.1. The van der Waals surface area contributed by atoms with Crippen LogP contribution in [0.15, 0.2) is 0 Å². The van der Waals surface area contributed by atoms with Crippen LogP contribution in [0.2, 0.25) is 0 Å². The fourth-order valence-corrected chi connectivity index (χ4v) is 0.957. The molecule has 108 valence electrons. The van der Waals surface area contributed by atoms with E-state index in [1.807, 2.05) is 0 Å². The van der Waals surface area contributed by atoms with Crippen LogP contribution in [0.25, 0.3) is 0 Å². The molecule has 0 spiro atoms. The van der Waals surface area contributed by atoms with Crippen LogP contribution in [-0.4, -0.2) is 73.1 Å². The molecule has 0 aromatic heterocycles. The molecule has 7 nitrogen and oxygen atoms in total. The van der Waals surface area contributed by atoms with Gasteiger partial charge in [0.25, 0.3) is 0 Å². The van der Waals surface area contributed by atoms with Gasteiger partial charge in [0, 0.05) is 7.11 Å². The minimum atomic E-state index is -0.398. The Balaban J connectivity index is 3.08. The van der Waals surface area contributed by atoms with Gasteiger partial charge < -0.3 is 23.7 Å². The summed E-state index contributed by atoms with van der Waals surface area (Å²) in [4.78, 5) is 11.1. The maximum Gasteiger partial charge on any atom is 0.332 e. The first-order chi connectivity index (χ1) is 8.81. The summed E-state index contributed by atoms with van der Waals surface area (Å²) in [5.74, 6) is -0.398. The molecule has 0 unspecified atom stereocenters. The van der Waals surface area contributed by atoms with Gasteiger partial charge in [0.2, 0.25) is 0 Å². The van der Waals surface area contributed by atoms with Crippen LogP contribution >= 0.6 is 0 Å². The van der Waals surface area contributed by atoms with Gasteiger partial charge in [0.15, 0.2) is 0 Å². The van der Waals surface area contributed by atoms with E-state index < -0.39 is 5.97 Å². The number of hydrogen-bond donors (Lipinski definition) is 1. The number of carbonyl (C=O) groups is 1. The van der Waals surface area contributed by atoms with Crippen molar-refractivity contribution >= 4 is 5.97 Å². The van der Waals surface area contributed by atoms with Crippen molar-refractivity contribution in [1.82, 2.24) is 5.32 Å². The van der Waals surface area contributed by atoms with E-state index in [1.54, 1.807) is 14.2 Å². The summed E-state index contributed by atoms with van der Waals surface area (Å²) in [5.41, 5.74) is 0. The zero-order valence-corrected chi connectivity index (χ0v) is 11.1. The summed E-state index contributed by atoms with van der Waals surface area (Å²) in [6.07, 6.45) is 0. The number of ether oxygens (including phenoxy) is 5. The maximum absolute atomic E-state index is 11.1.